The third kappa shape index (κ3) is 2.78. The molecule has 0 saturated heterocycles. The van der Waals surface area contributed by atoms with E-state index in [1.807, 2.05) is 14.1 Å². The van der Waals surface area contributed by atoms with Gasteiger partial charge in [0.15, 0.2) is 11.5 Å². The zero-order chi connectivity index (χ0) is 14.0. The zero-order valence-electron chi connectivity index (χ0n) is 11.3. The van der Waals surface area contributed by atoms with Gasteiger partial charge in [0.25, 0.3) is 5.69 Å². The Morgan fingerprint density at radius 1 is 1.32 bits per heavy atom. The van der Waals surface area contributed by atoms with Crippen molar-refractivity contribution in [2.45, 2.75) is 25.0 Å². The van der Waals surface area contributed by atoms with Crippen LogP contribution in [0.15, 0.2) is 18.2 Å². The molecule has 0 aromatic heterocycles. The number of non-ortho nitro benzene ring substituents is 1. The number of rotatable bonds is 5. The smallest absolute Gasteiger partial charge is 0.273 e. The summed E-state index contributed by atoms with van der Waals surface area (Å²) in [6, 6.07) is 4.81. The van der Waals surface area contributed by atoms with Crippen LogP contribution in [0.5, 0.6) is 11.5 Å². The Morgan fingerprint density at radius 3 is 2.53 bits per heavy atom. The highest BCUT2D eigenvalue weighted by Crippen LogP contribution is 2.35. The monoisotopic (exact) mass is 266 g/mol. The van der Waals surface area contributed by atoms with Crippen molar-refractivity contribution in [2.24, 2.45) is 0 Å². The van der Waals surface area contributed by atoms with Crippen LogP contribution >= 0.6 is 0 Å². The molecular formula is C13H18N2O4. The molecule has 0 heterocycles. The van der Waals surface area contributed by atoms with Gasteiger partial charge in [-0.1, -0.05) is 0 Å². The maximum atomic E-state index is 10.7. The summed E-state index contributed by atoms with van der Waals surface area (Å²) in [6.07, 6.45) is 2.21. The van der Waals surface area contributed by atoms with Gasteiger partial charge >= 0.3 is 0 Å². The standard InChI is InChI=1S/C13H18N2O4/c1-14(2)10-5-7-11(10)19-12-6-4-9(15(16)17)8-13(12)18-3/h4,6,8,10-11H,5,7H2,1-3H3/t10-,11-/m0/s1. The lowest BCUT2D eigenvalue weighted by Gasteiger charge is -2.40. The lowest BCUT2D eigenvalue weighted by Crippen LogP contribution is -2.50. The van der Waals surface area contributed by atoms with Crippen LogP contribution in [0, 0.1) is 10.1 Å². The molecular weight excluding hydrogens is 248 g/mol. The first-order valence-corrected chi connectivity index (χ1v) is 6.18. The fourth-order valence-electron chi connectivity index (χ4n) is 2.21. The van der Waals surface area contributed by atoms with Crippen LogP contribution in [-0.4, -0.2) is 43.2 Å². The van der Waals surface area contributed by atoms with Crippen LogP contribution in [0.1, 0.15) is 12.8 Å². The molecule has 1 aliphatic rings. The van der Waals surface area contributed by atoms with E-state index in [1.54, 1.807) is 6.07 Å². The summed E-state index contributed by atoms with van der Waals surface area (Å²) in [6.45, 7) is 0. The topological polar surface area (TPSA) is 64.8 Å². The van der Waals surface area contributed by atoms with Crippen LogP contribution in [-0.2, 0) is 0 Å². The van der Waals surface area contributed by atoms with E-state index < -0.39 is 4.92 Å². The number of hydrogen-bond acceptors (Lipinski definition) is 5. The Bertz CT molecular complexity index is 476. The number of ether oxygens (including phenoxy) is 2. The van der Waals surface area contributed by atoms with Crippen LogP contribution < -0.4 is 9.47 Å². The van der Waals surface area contributed by atoms with Crippen molar-refractivity contribution < 1.29 is 14.4 Å². The fourth-order valence-corrected chi connectivity index (χ4v) is 2.21. The quantitative estimate of drug-likeness (QED) is 0.603. The van der Waals surface area contributed by atoms with Crippen molar-refractivity contribution in [1.29, 1.82) is 0 Å². The summed E-state index contributed by atoms with van der Waals surface area (Å²) in [5.74, 6) is 0.961. The number of nitrogens with zero attached hydrogens (tertiary/aromatic N) is 2. The molecule has 1 aromatic carbocycles. The first-order chi connectivity index (χ1) is 9.02. The molecule has 19 heavy (non-hydrogen) atoms. The normalized spacial score (nSPS) is 21.9. The van der Waals surface area contributed by atoms with Crippen molar-refractivity contribution in [1.82, 2.24) is 4.90 Å². The van der Waals surface area contributed by atoms with E-state index >= 15 is 0 Å². The molecule has 0 aliphatic heterocycles. The second-order valence-corrected chi connectivity index (χ2v) is 4.86. The van der Waals surface area contributed by atoms with Gasteiger partial charge < -0.3 is 14.4 Å². The molecule has 0 radical (unpaired) electrons. The fraction of sp³-hybridized carbons (Fsp3) is 0.538. The molecule has 1 saturated carbocycles. The molecule has 6 heteroatoms. The van der Waals surface area contributed by atoms with Crippen molar-refractivity contribution in [3.05, 3.63) is 28.3 Å². The zero-order valence-corrected chi connectivity index (χ0v) is 11.3. The second-order valence-electron chi connectivity index (χ2n) is 4.86. The van der Waals surface area contributed by atoms with Crippen LogP contribution in [0.2, 0.25) is 0 Å². The maximum Gasteiger partial charge on any atom is 0.273 e. The first-order valence-electron chi connectivity index (χ1n) is 6.18. The Morgan fingerprint density at radius 2 is 2.05 bits per heavy atom. The van der Waals surface area contributed by atoms with Crippen LogP contribution in [0.3, 0.4) is 0 Å². The van der Waals surface area contributed by atoms with E-state index in [4.69, 9.17) is 9.47 Å². The molecule has 1 fully saturated rings. The van der Waals surface area contributed by atoms with Gasteiger partial charge in [-0.05, 0) is 33.0 Å². The van der Waals surface area contributed by atoms with Gasteiger partial charge in [-0.15, -0.1) is 0 Å². The molecule has 1 aromatic rings. The Hall–Kier alpha value is -1.82. The highest BCUT2D eigenvalue weighted by molar-refractivity contribution is 5.48. The van der Waals surface area contributed by atoms with Gasteiger partial charge in [-0.2, -0.15) is 0 Å². The predicted octanol–water partition coefficient (Wildman–Crippen LogP) is 2.07. The molecule has 1 aliphatic carbocycles. The second kappa shape index (κ2) is 5.44. The van der Waals surface area contributed by atoms with E-state index in [-0.39, 0.29) is 11.8 Å². The molecule has 6 nitrogen and oxygen atoms in total. The van der Waals surface area contributed by atoms with E-state index in [1.165, 1.54) is 19.2 Å². The summed E-state index contributed by atoms with van der Waals surface area (Å²) in [7, 11) is 5.52. The van der Waals surface area contributed by atoms with Crippen molar-refractivity contribution >= 4 is 5.69 Å². The lowest BCUT2D eigenvalue weighted by molar-refractivity contribution is -0.385. The van der Waals surface area contributed by atoms with Gasteiger partial charge in [0, 0.05) is 12.1 Å². The summed E-state index contributed by atoms with van der Waals surface area (Å²) in [4.78, 5) is 12.4. The molecule has 2 atom stereocenters. The average molecular weight is 266 g/mol. The maximum absolute atomic E-state index is 10.7. The largest absolute Gasteiger partial charge is 0.493 e. The molecule has 2 rings (SSSR count). The van der Waals surface area contributed by atoms with E-state index in [2.05, 4.69) is 4.90 Å². The molecule has 0 amide bonds. The number of methoxy groups -OCH3 is 1. The average Bonchev–Trinajstić information content (AvgIpc) is 2.33. The minimum Gasteiger partial charge on any atom is -0.493 e. The number of nitro groups is 1. The van der Waals surface area contributed by atoms with Crippen molar-refractivity contribution in [2.75, 3.05) is 21.2 Å². The van der Waals surface area contributed by atoms with Gasteiger partial charge in [-0.3, -0.25) is 10.1 Å². The molecule has 0 unspecified atom stereocenters. The number of benzene rings is 1. The van der Waals surface area contributed by atoms with Gasteiger partial charge in [0.05, 0.1) is 18.1 Å². The minimum absolute atomic E-state index is 0.00182. The molecule has 104 valence electrons. The van der Waals surface area contributed by atoms with Gasteiger partial charge in [0.1, 0.15) is 6.10 Å². The highest BCUT2D eigenvalue weighted by Gasteiger charge is 2.35. The number of nitro benzene ring substituents is 1. The van der Waals surface area contributed by atoms with Crippen LogP contribution in [0.4, 0.5) is 5.69 Å². The Labute approximate surface area is 112 Å². The summed E-state index contributed by atoms with van der Waals surface area (Å²) in [5, 5.41) is 10.7. The van der Waals surface area contributed by atoms with E-state index in [0.717, 1.165) is 12.8 Å². The summed E-state index contributed by atoms with van der Waals surface area (Å²) >= 11 is 0. The van der Waals surface area contributed by atoms with Gasteiger partial charge in [-0.25, -0.2) is 0 Å². The highest BCUT2D eigenvalue weighted by atomic mass is 16.6. The molecule has 0 N–H and O–H groups in total. The summed E-state index contributed by atoms with van der Waals surface area (Å²) in [5.41, 5.74) is 0.00182. The first kappa shape index (κ1) is 13.6. The third-order valence-electron chi connectivity index (χ3n) is 3.48. The van der Waals surface area contributed by atoms with E-state index in [0.29, 0.717) is 17.5 Å². The van der Waals surface area contributed by atoms with E-state index in [9.17, 15) is 10.1 Å². The number of likely N-dealkylation sites (N-methyl/N-ethyl adjacent to an activating group) is 1. The number of hydrogen-bond donors (Lipinski definition) is 0. The summed E-state index contributed by atoms with van der Waals surface area (Å²) < 4.78 is 11.1. The van der Waals surface area contributed by atoms with Crippen molar-refractivity contribution in [3.8, 4) is 11.5 Å². The third-order valence-corrected chi connectivity index (χ3v) is 3.48. The van der Waals surface area contributed by atoms with Gasteiger partial charge in [0.2, 0.25) is 0 Å². The minimum atomic E-state index is -0.446. The SMILES string of the molecule is COc1cc([N+](=O)[O-])ccc1O[C@H]1CC[C@@H]1N(C)C. The molecule has 0 bridgehead atoms. The predicted molar refractivity (Wildman–Crippen MR) is 70.8 cm³/mol. The molecule has 0 spiro atoms. The Kier molecular flexibility index (Phi) is 3.90. The Balaban J connectivity index is 2.14. The van der Waals surface area contributed by atoms with Crippen molar-refractivity contribution in [3.63, 3.8) is 0 Å². The van der Waals surface area contributed by atoms with Crippen LogP contribution in [0.25, 0.3) is 0 Å². The lowest BCUT2D eigenvalue weighted by atomic mass is 9.88.